The molecule has 0 saturated carbocycles. The third-order valence-corrected chi connectivity index (χ3v) is 16.1. The van der Waals surface area contributed by atoms with Crippen LogP contribution in [0.5, 0.6) is 0 Å². The Balaban J connectivity index is 1.08. The maximum absolute atomic E-state index is 7.10. The van der Waals surface area contributed by atoms with E-state index in [1.807, 2.05) is 0 Å². The lowest BCUT2D eigenvalue weighted by molar-refractivity contribution is 0.669. The van der Waals surface area contributed by atoms with E-state index in [0.29, 0.717) is 0 Å². The minimum Gasteiger partial charge on any atom is -0.454 e. The predicted octanol–water partition coefficient (Wildman–Crippen LogP) is 22.0. The van der Waals surface area contributed by atoms with Gasteiger partial charge in [0.2, 0.25) is 0 Å². The molecule has 80 heavy (non-hydrogen) atoms. The summed E-state index contributed by atoms with van der Waals surface area (Å²) in [5.41, 5.74) is 18.0. The Bertz CT molecular complexity index is 4580. The van der Waals surface area contributed by atoms with Crippen molar-refractivity contribution >= 4 is 110 Å². The zero-order valence-corrected chi connectivity index (χ0v) is 43.4. The molecule has 0 aliphatic rings. The highest BCUT2D eigenvalue weighted by atomic mass is 16.3. The van der Waals surface area contributed by atoms with Crippen molar-refractivity contribution in [3.05, 3.63) is 291 Å². The molecule has 16 rings (SSSR count). The largest absolute Gasteiger partial charge is 0.454 e. The molecular weight excluding hydrogens is 973 g/mol. The highest BCUT2D eigenvalue weighted by Gasteiger charge is 2.29. The molecule has 2 heterocycles. The summed E-state index contributed by atoms with van der Waals surface area (Å²) in [5.74, 6) is 0. The molecule has 374 valence electrons. The van der Waals surface area contributed by atoms with E-state index in [9.17, 15) is 0 Å². The first-order chi connectivity index (χ1) is 39.7. The minimum atomic E-state index is 0.805. The number of para-hydroxylation sites is 4. The first-order valence-corrected chi connectivity index (χ1v) is 27.3. The average molecular weight is 1020 g/mol. The summed E-state index contributed by atoms with van der Waals surface area (Å²) in [6.45, 7) is 0. The van der Waals surface area contributed by atoms with Gasteiger partial charge in [0, 0.05) is 49.1 Å². The number of benzene rings is 14. The molecule has 0 N–H and O–H groups in total. The highest BCUT2D eigenvalue weighted by molar-refractivity contribution is 6.29. The van der Waals surface area contributed by atoms with Crippen molar-refractivity contribution < 1.29 is 8.83 Å². The maximum Gasteiger partial charge on any atom is 0.159 e. The predicted molar refractivity (Wildman–Crippen MR) is 336 cm³/mol. The van der Waals surface area contributed by atoms with E-state index in [-0.39, 0.29) is 0 Å². The van der Waals surface area contributed by atoms with E-state index in [1.54, 1.807) is 0 Å². The second-order valence-electron chi connectivity index (χ2n) is 20.8. The lowest BCUT2D eigenvalue weighted by Crippen LogP contribution is -2.15. The van der Waals surface area contributed by atoms with Crippen LogP contribution in [0.4, 0.5) is 34.1 Å². The van der Waals surface area contributed by atoms with Gasteiger partial charge in [-0.05, 0) is 127 Å². The molecule has 0 aliphatic heterocycles. The van der Waals surface area contributed by atoms with Gasteiger partial charge < -0.3 is 18.6 Å². The van der Waals surface area contributed by atoms with Crippen LogP contribution in [0.25, 0.3) is 121 Å². The van der Waals surface area contributed by atoms with E-state index in [1.165, 1.54) is 21.5 Å². The Morgan fingerprint density at radius 3 is 0.963 bits per heavy atom. The van der Waals surface area contributed by atoms with Gasteiger partial charge in [0.05, 0.1) is 22.7 Å². The van der Waals surface area contributed by atoms with E-state index in [4.69, 9.17) is 8.83 Å². The Hall–Kier alpha value is -10.7. The van der Waals surface area contributed by atoms with E-state index >= 15 is 0 Å². The summed E-state index contributed by atoms with van der Waals surface area (Å²) in [6, 6.07) is 105. The summed E-state index contributed by atoms with van der Waals surface area (Å²) in [5, 5.41) is 11.2. The van der Waals surface area contributed by atoms with Gasteiger partial charge >= 0.3 is 0 Å². The third-order valence-electron chi connectivity index (χ3n) is 16.1. The topological polar surface area (TPSA) is 32.8 Å². The second kappa shape index (κ2) is 18.5. The molecule has 0 saturated heterocycles. The normalized spacial score (nSPS) is 11.8. The Morgan fingerprint density at radius 1 is 0.212 bits per heavy atom. The average Bonchev–Trinajstić information content (AvgIpc) is 4.25. The fourth-order valence-corrected chi connectivity index (χ4v) is 12.5. The zero-order valence-electron chi connectivity index (χ0n) is 43.4. The van der Waals surface area contributed by atoms with Gasteiger partial charge in [-0.3, -0.25) is 0 Å². The molecule has 0 aliphatic carbocycles. The molecule has 0 fully saturated rings. The summed E-state index contributed by atoms with van der Waals surface area (Å²) in [6.07, 6.45) is 0. The summed E-state index contributed by atoms with van der Waals surface area (Å²) < 4.78 is 14.2. The van der Waals surface area contributed by atoms with Gasteiger partial charge in [-0.2, -0.15) is 0 Å². The summed E-state index contributed by atoms with van der Waals surface area (Å²) in [7, 11) is 0. The van der Waals surface area contributed by atoms with Crippen LogP contribution in [-0.4, -0.2) is 0 Å². The van der Waals surface area contributed by atoms with Crippen LogP contribution in [0.3, 0.4) is 0 Å². The number of anilines is 6. The number of furan rings is 2. The summed E-state index contributed by atoms with van der Waals surface area (Å²) in [4.78, 5) is 4.93. The van der Waals surface area contributed by atoms with Crippen molar-refractivity contribution in [3.8, 4) is 44.5 Å². The first-order valence-electron chi connectivity index (χ1n) is 27.3. The number of fused-ring (bicyclic) bond motifs is 6. The molecule has 0 amide bonds. The van der Waals surface area contributed by atoms with E-state index < -0.39 is 0 Å². The Labute approximate surface area is 462 Å². The molecule has 16 aromatic rings. The molecule has 4 heteroatoms. The molecular formula is C76H48N2O2. The van der Waals surface area contributed by atoms with Gasteiger partial charge in [-0.1, -0.05) is 224 Å². The SMILES string of the molecule is c1ccc(-c2cc(-c3ccccc3)cc(N(c3cc(N(c4cc(-c5ccccc5)cc(-c5ccccc5)c4)c4cccc5c4oc4ccccc45)c4ccc5cccc6ccc3c4c65)c3cccc4c3oc3ccccc34)c2)cc1. The lowest BCUT2D eigenvalue weighted by atomic mass is 9.90. The molecule has 0 atom stereocenters. The van der Waals surface area contributed by atoms with Crippen LogP contribution in [0.1, 0.15) is 0 Å². The van der Waals surface area contributed by atoms with Crippen LogP contribution < -0.4 is 9.80 Å². The van der Waals surface area contributed by atoms with Crippen LogP contribution in [0.2, 0.25) is 0 Å². The smallest absolute Gasteiger partial charge is 0.159 e. The molecule has 0 bridgehead atoms. The quantitative estimate of drug-likeness (QED) is 0.128. The molecule has 0 unspecified atom stereocenters. The number of hydrogen-bond donors (Lipinski definition) is 0. The van der Waals surface area contributed by atoms with Crippen molar-refractivity contribution in [3.63, 3.8) is 0 Å². The lowest BCUT2D eigenvalue weighted by Gasteiger charge is -2.33. The summed E-state index contributed by atoms with van der Waals surface area (Å²) >= 11 is 0. The first kappa shape index (κ1) is 45.5. The number of nitrogens with zero attached hydrogens (tertiary/aromatic N) is 2. The van der Waals surface area contributed by atoms with Gasteiger partial charge in [0.1, 0.15) is 11.2 Å². The van der Waals surface area contributed by atoms with Crippen LogP contribution in [-0.2, 0) is 0 Å². The second-order valence-corrected chi connectivity index (χ2v) is 20.8. The Morgan fingerprint density at radius 2 is 0.562 bits per heavy atom. The van der Waals surface area contributed by atoms with Crippen molar-refractivity contribution in [1.29, 1.82) is 0 Å². The Kier molecular flexibility index (Phi) is 10.5. The molecule has 14 aromatic carbocycles. The van der Waals surface area contributed by atoms with Gasteiger partial charge in [0.25, 0.3) is 0 Å². The van der Waals surface area contributed by atoms with Crippen molar-refractivity contribution in [2.75, 3.05) is 9.80 Å². The standard InChI is InChI=1S/C76H48N2O2/c1-5-20-49(21-6-1)55-42-56(50-22-7-2-8-23-50)45-59(44-55)77(67-34-18-32-63-61-30-13-15-36-71(61)79-75(63)67)69-48-70(66-41-39-54-29-17-28-53-38-40-65(69)74(66)73(53)54)78(68-35-19-33-64-62-31-14-16-37-72(62)80-76(64)68)60-46-57(51-24-9-3-10-25-51)43-58(47-60)52-26-11-4-12-27-52/h1-48H. The van der Waals surface area contributed by atoms with Crippen LogP contribution in [0.15, 0.2) is 300 Å². The molecule has 0 radical (unpaired) electrons. The van der Waals surface area contributed by atoms with Crippen molar-refractivity contribution in [2.24, 2.45) is 0 Å². The monoisotopic (exact) mass is 1020 g/mol. The molecule has 0 spiro atoms. The van der Waals surface area contributed by atoms with Crippen LogP contribution in [0, 0.1) is 0 Å². The molecule has 2 aromatic heterocycles. The fourth-order valence-electron chi connectivity index (χ4n) is 12.5. The highest BCUT2D eigenvalue weighted by Crippen LogP contribution is 2.54. The fraction of sp³-hybridized carbons (Fsp3) is 0. The number of rotatable bonds is 10. The van der Waals surface area contributed by atoms with Crippen molar-refractivity contribution in [1.82, 2.24) is 0 Å². The van der Waals surface area contributed by atoms with E-state index in [0.717, 1.165) is 133 Å². The van der Waals surface area contributed by atoms with Gasteiger partial charge in [-0.15, -0.1) is 0 Å². The maximum atomic E-state index is 7.10. The third kappa shape index (κ3) is 7.45. The van der Waals surface area contributed by atoms with Gasteiger partial charge in [0.15, 0.2) is 11.2 Å². The van der Waals surface area contributed by atoms with Gasteiger partial charge in [-0.25, -0.2) is 0 Å². The zero-order chi connectivity index (χ0) is 52.7. The van der Waals surface area contributed by atoms with Crippen LogP contribution >= 0.6 is 0 Å². The van der Waals surface area contributed by atoms with Crippen molar-refractivity contribution in [2.45, 2.75) is 0 Å². The van der Waals surface area contributed by atoms with E-state index in [2.05, 4.69) is 301 Å². The molecule has 4 nitrogen and oxygen atoms in total. The number of hydrogen-bond acceptors (Lipinski definition) is 4. The minimum absolute atomic E-state index is 0.805.